The van der Waals surface area contributed by atoms with Crippen LogP contribution in [-0.2, 0) is 6.54 Å². The van der Waals surface area contributed by atoms with E-state index >= 15 is 0 Å². The number of nitrogens with one attached hydrogen (secondary N) is 1. The first-order chi connectivity index (χ1) is 9.19. The molecule has 19 heavy (non-hydrogen) atoms. The lowest BCUT2D eigenvalue weighted by Crippen LogP contribution is -2.29. The molecule has 0 unspecified atom stereocenters. The van der Waals surface area contributed by atoms with Crippen LogP contribution < -0.4 is 11.3 Å². The van der Waals surface area contributed by atoms with E-state index in [1.807, 2.05) is 6.07 Å². The SMILES string of the molecule is CN(Cc1ccc(C(=O)NN)o1)CC1CCCCC1. The summed E-state index contributed by atoms with van der Waals surface area (Å²) < 4.78 is 5.46. The van der Waals surface area contributed by atoms with Crippen molar-refractivity contribution < 1.29 is 9.21 Å². The molecule has 5 nitrogen and oxygen atoms in total. The number of nitrogen functional groups attached to an aromatic ring is 1. The maximum Gasteiger partial charge on any atom is 0.300 e. The van der Waals surface area contributed by atoms with Crippen LogP contribution in [0.2, 0.25) is 0 Å². The van der Waals surface area contributed by atoms with E-state index in [2.05, 4.69) is 17.4 Å². The highest BCUT2D eigenvalue weighted by molar-refractivity contribution is 5.90. The van der Waals surface area contributed by atoms with Crippen LogP contribution in [0.3, 0.4) is 0 Å². The number of nitrogens with zero attached hydrogens (tertiary/aromatic N) is 1. The van der Waals surface area contributed by atoms with Crippen LogP contribution >= 0.6 is 0 Å². The van der Waals surface area contributed by atoms with E-state index in [1.165, 1.54) is 32.1 Å². The van der Waals surface area contributed by atoms with Crippen LogP contribution in [0.1, 0.15) is 48.4 Å². The summed E-state index contributed by atoms with van der Waals surface area (Å²) in [6.45, 7) is 1.83. The summed E-state index contributed by atoms with van der Waals surface area (Å²) in [5.74, 6) is 6.56. The van der Waals surface area contributed by atoms with Crippen LogP contribution in [0.15, 0.2) is 16.5 Å². The molecule has 1 heterocycles. The number of hydrazine groups is 1. The number of rotatable bonds is 5. The molecule has 1 aliphatic carbocycles. The third-order valence-electron chi connectivity index (χ3n) is 3.74. The van der Waals surface area contributed by atoms with Crippen molar-refractivity contribution in [2.45, 2.75) is 38.6 Å². The highest BCUT2D eigenvalue weighted by Crippen LogP contribution is 2.24. The second kappa shape index (κ2) is 6.73. The van der Waals surface area contributed by atoms with Crippen molar-refractivity contribution in [3.63, 3.8) is 0 Å². The van der Waals surface area contributed by atoms with Gasteiger partial charge in [-0.25, -0.2) is 5.84 Å². The third kappa shape index (κ3) is 4.08. The van der Waals surface area contributed by atoms with Gasteiger partial charge in [-0.3, -0.25) is 15.1 Å². The molecule has 1 amide bonds. The molecule has 0 radical (unpaired) electrons. The number of amides is 1. The zero-order chi connectivity index (χ0) is 13.7. The molecule has 0 bridgehead atoms. The van der Waals surface area contributed by atoms with E-state index in [-0.39, 0.29) is 11.7 Å². The average molecular weight is 265 g/mol. The summed E-state index contributed by atoms with van der Waals surface area (Å²) in [5.41, 5.74) is 2.07. The van der Waals surface area contributed by atoms with Crippen LogP contribution in [-0.4, -0.2) is 24.4 Å². The zero-order valence-corrected chi connectivity index (χ0v) is 11.5. The minimum atomic E-state index is -0.388. The Morgan fingerprint density at radius 3 is 2.84 bits per heavy atom. The van der Waals surface area contributed by atoms with Crippen LogP contribution in [0.25, 0.3) is 0 Å². The van der Waals surface area contributed by atoms with Gasteiger partial charge in [0.1, 0.15) is 5.76 Å². The van der Waals surface area contributed by atoms with E-state index in [0.29, 0.717) is 0 Å². The molecule has 0 aliphatic heterocycles. The largest absolute Gasteiger partial charge is 0.455 e. The van der Waals surface area contributed by atoms with Gasteiger partial charge in [-0.2, -0.15) is 0 Å². The molecule has 0 aromatic carbocycles. The normalized spacial score (nSPS) is 16.8. The lowest BCUT2D eigenvalue weighted by molar-refractivity contribution is 0.0922. The summed E-state index contributed by atoms with van der Waals surface area (Å²) in [6, 6.07) is 3.49. The molecule has 5 heteroatoms. The molecular weight excluding hydrogens is 242 g/mol. The summed E-state index contributed by atoms with van der Waals surface area (Å²) in [7, 11) is 2.10. The molecule has 1 aromatic rings. The van der Waals surface area contributed by atoms with Gasteiger partial charge in [-0.15, -0.1) is 0 Å². The van der Waals surface area contributed by atoms with E-state index < -0.39 is 0 Å². The number of carbonyl (C=O) groups excluding carboxylic acids is 1. The van der Waals surface area contributed by atoms with E-state index in [0.717, 1.165) is 24.8 Å². The Labute approximate surface area is 114 Å². The molecule has 0 atom stereocenters. The van der Waals surface area contributed by atoms with Crippen molar-refractivity contribution in [3.8, 4) is 0 Å². The molecular formula is C14H23N3O2. The Balaban J connectivity index is 1.82. The van der Waals surface area contributed by atoms with Crippen LogP contribution in [0.5, 0.6) is 0 Å². The Bertz CT molecular complexity index is 411. The fourth-order valence-electron chi connectivity index (χ4n) is 2.80. The lowest BCUT2D eigenvalue weighted by Gasteiger charge is -2.26. The highest BCUT2D eigenvalue weighted by Gasteiger charge is 2.16. The van der Waals surface area contributed by atoms with Gasteiger partial charge in [0, 0.05) is 6.54 Å². The molecule has 1 fully saturated rings. The molecule has 106 valence electrons. The topological polar surface area (TPSA) is 71.5 Å². The highest BCUT2D eigenvalue weighted by atomic mass is 16.4. The first-order valence-corrected chi connectivity index (χ1v) is 6.97. The van der Waals surface area contributed by atoms with Crippen LogP contribution in [0.4, 0.5) is 0 Å². The van der Waals surface area contributed by atoms with E-state index in [9.17, 15) is 4.79 Å². The smallest absolute Gasteiger partial charge is 0.300 e. The van der Waals surface area contributed by atoms with Gasteiger partial charge in [0.25, 0.3) is 0 Å². The second-order valence-electron chi connectivity index (χ2n) is 5.44. The molecule has 0 saturated heterocycles. The van der Waals surface area contributed by atoms with E-state index in [1.54, 1.807) is 6.07 Å². The van der Waals surface area contributed by atoms with Crippen molar-refractivity contribution >= 4 is 5.91 Å². The van der Waals surface area contributed by atoms with Gasteiger partial charge in [0.2, 0.25) is 0 Å². The number of hydrogen-bond donors (Lipinski definition) is 2. The zero-order valence-electron chi connectivity index (χ0n) is 11.5. The van der Waals surface area contributed by atoms with E-state index in [4.69, 9.17) is 10.3 Å². The predicted molar refractivity (Wildman–Crippen MR) is 73.3 cm³/mol. The molecule has 0 spiro atoms. The van der Waals surface area contributed by atoms with Crippen LogP contribution in [0, 0.1) is 5.92 Å². The molecule has 1 saturated carbocycles. The Morgan fingerprint density at radius 1 is 1.42 bits per heavy atom. The Kier molecular flexibility index (Phi) is 4.99. The minimum Gasteiger partial charge on any atom is -0.455 e. The maximum atomic E-state index is 11.3. The molecule has 1 aliphatic rings. The van der Waals surface area contributed by atoms with Crippen molar-refractivity contribution in [2.24, 2.45) is 11.8 Å². The Morgan fingerprint density at radius 2 is 2.16 bits per heavy atom. The van der Waals surface area contributed by atoms with Gasteiger partial charge >= 0.3 is 5.91 Å². The fraction of sp³-hybridized carbons (Fsp3) is 0.643. The monoisotopic (exact) mass is 265 g/mol. The summed E-state index contributed by atoms with van der Waals surface area (Å²) in [6.07, 6.45) is 6.78. The number of nitrogens with two attached hydrogens (primary N) is 1. The Hall–Kier alpha value is -1.33. The predicted octanol–water partition coefficient (Wildman–Crippen LogP) is 1.90. The van der Waals surface area contributed by atoms with Crippen molar-refractivity contribution in [2.75, 3.05) is 13.6 Å². The van der Waals surface area contributed by atoms with Gasteiger partial charge in [-0.1, -0.05) is 19.3 Å². The number of carbonyl (C=O) groups is 1. The molecule has 1 aromatic heterocycles. The summed E-state index contributed by atoms with van der Waals surface area (Å²) in [5, 5.41) is 0. The summed E-state index contributed by atoms with van der Waals surface area (Å²) in [4.78, 5) is 13.5. The number of hydrogen-bond acceptors (Lipinski definition) is 4. The third-order valence-corrected chi connectivity index (χ3v) is 3.74. The summed E-state index contributed by atoms with van der Waals surface area (Å²) >= 11 is 0. The maximum absolute atomic E-state index is 11.3. The van der Waals surface area contributed by atoms with Gasteiger partial charge in [-0.05, 0) is 37.9 Å². The quantitative estimate of drug-likeness (QED) is 0.484. The van der Waals surface area contributed by atoms with Gasteiger partial charge < -0.3 is 4.42 Å². The standard InChI is InChI=1S/C14H23N3O2/c1-17(9-11-5-3-2-4-6-11)10-12-7-8-13(19-12)14(18)16-15/h7-8,11H,2-6,9-10,15H2,1H3,(H,16,18). The lowest BCUT2D eigenvalue weighted by atomic mass is 9.89. The van der Waals surface area contributed by atoms with Crippen molar-refractivity contribution in [1.29, 1.82) is 0 Å². The van der Waals surface area contributed by atoms with Crippen molar-refractivity contribution in [3.05, 3.63) is 23.7 Å². The fourth-order valence-corrected chi connectivity index (χ4v) is 2.80. The van der Waals surface area contributed by atoms with Gasteiger partial charge in [0.05, 0.1) is 6.54 Å². The number of furan rings is 1. The molecule has 3 N–H and O–H groups in total. The van der Waals surface area contributed by atoms with Gasteiger partial charge in [0.15, 0.2) is 5.76 Å². The first kappa shape index (κ1) is 14.1. The van der Waals surface area contributed by atoms with Crippen molar-refractivity contribution in [1.82, 2.24) is 10.3 Å². The average Bonchev–Trinajstić information content (AvgIpc) is 2.87. The second-order valence-corrected chi connectivity index (χ2v) is 5.44. The molecule has 2 rings (SSSR count). The minimum absolute atomic E-state index is 0.267. The first-order valence-electron chi connectivity index (χ1n) is 6.97.